The zero-order valence-electron chi connectivity index (χ0n) is 14.8. The fraction of sp³-hybridized carbons (Fsp3) is 0.412. The number of nitrogens with one attached hydrogen (secondary N) is 1. The summed E-state index contributed by atoms with van der Waals surface area (Å²) in [5.41, 5.74) is 2.18. The molecule has 1 fully saturated rings. The molecule has 0 amide bonds. The van der Waals surface area contributed by atoms with Gasteiger partial charge in [0.05, 0.1) is 12.8 Å². The van der Waals surface area contributed by atoms with E-state index in [4.69, 9.17) is 4.74 Å². The van der Waals surface area contributed by atoms with Crippen LogP contribution in [-0.2, 0) is 14.8 Å². The number of carbonyl (C=O) groups excluding carboxylic acids is 1. The van der Waals surface area contributed by atoms with Gasteiger partial charge in [-0.3, -0.25) is 5.10 Å². The highest BCUT2D eigenvalue weighted by atomic mass is 32.2. The Morgan fingerprint density at radius 1 is 1.27 bits per heavy atom. The van der Waals surface area contributed by atoms with Crippen LogP contribution in [0.4, 0.5) is 5.69 Å². The fourth-order valence-corrected chi connectivity index (χ4v) is 4.45. The predicted molar refractivity (Wildman–Crippen MR) is 96.7 cm³/mol. The molecule has 0 radical (unpaired) electrons. The molecule has 0 spiro atoms. The number of hydrogen-bond acceptors (Lipinski definition) is 6. The zero-order valence-corrected chi connectivity index (χ0v) is 15.6. The molecule has 26 heavy (non-hydrogen) atoms. The lowest BCUT2D eigenvalue weighted by molar-refractivity contribution is 0.0521. The fourth-order valence-electron chi connectivity index (χ4n) is 2.97. The normalized spacial score (nSPS) is 15.8. The maximum absolute atomic E-state index is 12.9. The summed E-state index contributed by atoms with van der Waals surface area (Å²) in [6.45, 7) is 5.67. The first-order valence-electron chi connectivity index (χ1n) is 8.45. The molecule has 1 aromatic carbocycles. The van der Waals surface area contributed by atoms with Crippen LogP contribution >= 0.6 is 0 Å². The molecule has 1 aromatic heterocycles. The number of hydrogen-bond donors (Lipinski definition) is 1. The predicted octanol–water partition coefficient (Wildman–Crippen LogP) is 1.41. The highest BCUT2D eigenvalue weighted by Gasteiger charge is 2.33. The number of rotatable bonds is 5. The summed E-state index contributed by atoms with van der Waals surface area (Å²) >= 11 is 0. The van der Waals surface area contributed by atoms with Crippen LogP contribution in [0.3, 0.4) is 0 Å². The van der Waals surface area contributed by atoms with Gasteiger partial charge in [0.25, 0.3) is 10.0 Å². The van der Waals surface area contributed by atoms with Gasteiger partial charge in [0.1, 0.15) is 5.56 Å². The molecule has 3 rings (SSSR count). The smallest absolute Gasteiger partial charge is 0.342 e. The summed E-state index contributed by atoms with van der Waals surface area (Å²) in [5, 5.41) is 5.95. The molecule has 1 saturated heterocycles. The van der Waals surface area contributed by atoms with Crippen molar-refractivity contribution in [2.24, 2.45) is 0 Å². The number of sulfonamides is 1. The first-order valence-corrected chi connectivity index (χ1v) is 9.89. The Morgan fingerprint density at radius 3 is 2.65 bits per heavy atom. The van der Waals surface area contributed by atoms with Gasteiger partial charge in [0, 0.05) is 31.9 Å². The van der Waals surface area contributed by atoms with E-state index in [9.17, 15) is 13.2 Å². The van der Waals surface area contributed by atoms with Crippen LogP contribution in [0.5, 0.6) is 0 Å². The molecule has 8 nitrogen and oxygen atoms in total. The second-order valence-electron chi connectivity index (χ2n) is 6.06. The molecule has 9 heteroatoms. The van der Waals surface area contributed by atoms with Crippen molar-refractivity contribution in [3.8, 4) is 0 Å². The lowest BCUT2D eigenvalue weighted by Gasteiger charge is -2.35. The summed E-state index contributed by atoms with van der Waals surface area (Å²) in [4.78, 5) is 14.1. The highest BCUT2D eigenvalue weighted by Crippen LogP contribution is 2.23. The first kappa shape index (κ1) is 18.4. The lowest BCUT2D eigenvalue weighted by Crippen LogP contribution is -2.49. The van der Waals surface area contributed by atoms with E-state index in [1.807, 2.05) is 25.1 Å². The van der Waals surface area contributed by atoms with Crippen LogP contribution in [0.15, 0.2) is 35.5 Å². The van der Waals surface area contributed by atoms with E-state index < -0.39 is 16.0 Å². The Morgan fingerprint density at radius 2 is 2.00 bits per heavy atom. The summed E-state index contributed by atoms with van der Waals surface area (Å²) in [7, 11) is -3.84. The maximum atomic E-state index is 12.9. The second-order valence-corrected chi connectivity index (χ2v) is 7.94. The number of anilines is 1. The third-order valence-corrected chi connectivity index (χ3v) is 6.18. The molecule has 1 N–H and O–H groups in total. The number of benzene rings is 1. The molecule has 0 saturated carbocycles. The molecule has 1 aliphatic rings. The van der Waals surface area contributed by atoms with Gasteiger partial charge in [-0.25, -0.2) is 13.2 Å². The van der Waals surface area contributed by atoms with Crippen molar-refractivity contribution in [2.45, 2.75) is 18.9 Å². The number of aromatic nitrogens is 2. The maximum Gasteiger partial charge on any atom is 0.342 e. The number of nitrogens with zero attached hydrogens (tertiary/aromatic N) is 3. The number of aromatic amines is 1. The van der Waals surface area contributed by atoms with Crippen molar-refractivity contribution in [1.29, 1.82) is 0 Å². The minimum Gasteiger partial charge on any atom is -0.462 e. The quantitative estimate of drug-likeness (QED) is 0.791. The van der Waals surface area contributed by atoms with E-state index in [2.05, 4.69) is 21.2 Å². The van der Waals surface area contributed by atoms with Gasteiger partial charge in [-0.1, -0.05) is 12.1 Å². The van der Waals surface area contributed by atoms with Crippen LogP contribution in [-0.4, -0.2) is 61.7 Å². The van der Waals surface area contributed by atoms with Crippen LogP contribution in [0.1, 0.15) is 22.8 Å². The Labute approximate surface area is 152 Å². The number of ether oxygens (including phenoxy) is 1. The Balaban J connectivity index is 1.75. The van der Waals surface area contributed by atoms with Crippen molar-refractivity contribution in [3.05, 3.63) is 41.6 Å². The monoisotopic (exact) mass is 378 g/mol. The average Bonchev–Trinajstić information content (AvgIpc) is 3.13. The number of aryl methyl sites for hydroxylation is 1. The number of carbonyl (C=O) groups is 1. The van der Waals surface area contributed by atoms with Crippen LogP contribution in [0.25, 0.3) is 0 Å². The zero-order chi connectivity index (χ0) is 18.7. The van der Waals surface area contributed by atoms with E-state index in [-0.39, 0.29) is 17.2 Å². The molecule has 140 valence electrons. The van der Waals surface area contributed by atoms with Crippen molar-refractivity contribution >= 4 is 21.7 Å². The summed E-state index contributed by atoms with van der Waals surface area (Å²) in [6.07, 6.45) is 1.19. The minimum atomic E-state index is -3.84. The molecular formula is C17H22N4O4S. The lowest BCUT2D eigenvalue weighted by atomic mass is 10.2. The number of H-pyrrole nitrogens is 1. The van der Waals surface area contributed by atoms with Crippen LogP contribution < -0.4 is 4.90 Å². The second kappa shape index (κ2) is 7.46. The van der Waals surface area contributed by atoms with Gasteiger partial charge in [-0.2, -0.15) is 9.40 Å². The van der Waals surface area contributed by atoms with Gasteiger partial charge in [-0.15, -0.1) is 0 Å². The summed E-state index contributed by atoms with van der Waals surface area (Å²) < 4.78 is 32.1. The third kappa shape index (κ3) is 3.58. The Kier molecular flexibility index (Phi) is 5.28. The SMILES string of the molecule is CCOC(=O)c1cn[nH]c1S(=O)(=O)N1CCN(c2cccc(C)c2)CC1. The van der Waals surface area contributed by atoms with Crippen molar-refractivity contribution < 1.29 is 17.9 Å². The van der Waals surface area contributed by atoms with E-state index in [1.165, 1.54) is 10.5 Å². The summed E-state index contributed by atoms with van der Waals surface area (Å²) in [5.74, 6) is -0.696. The van der Waals surface area contributed by atoms with E-state index in [0.29, 0.717) is 26.2 Å². The molecule has 2 heterocycles. The van der Waals surface area contributed by atoms with E-state index >= 15 is 0 Å². The van der Waals surface area contributed by atoms with Crippen molar-refractivity contribution in [2.75, 3.05) is 37.7 Å². The average molecular weight is 378 g/mol. The van der Waals surface area contributed by atoms with Gasteiger partial charge in [0.2, 0.25) is 0 Å². The van der Waals surface area contributed by atoms with Gasteiger partial charge < -0.3 is 9.64 Å². The molecule has 1 aliphatic heterocycles. The summed E-state index contributed by atoms with van der Waals surface area (Å²) in [6, 6.07) is 8.12. The molecule has 0 atom stereocenters. The molecule has 0 aliphatic carbocycles. The molecule has 0 bridgehead atoms. The van der Waals surface area contributed by atoms with Crippen LogP contribution in [0.2, 0.25) is 0 Å². The third-order valence-electron chi connectivity index (χ3n) is 4.30. The Hall–Kier alpha value is -2.39. The molecular weight excluding hydrogens is 356 g/mol. The van der Waals surface area contributed by atoms with Gasteiger partial charge >= 0.3 is 5.97 Å². The first-order chi connectivity index (χ1) is 12.4. The van der Waals surface area contributed by atoms with Crippen molar-refractivity contribution in [3.63, 3.8) is 0 Å². The standard InChI is InChI=1S/C17H22N4O4S/c1-3-25-17(22)15-12-18-19-16(15)26(23,24)21-9-7-20(8-10-21)14-6-4-5-13(2)11-14/h4-6,11-12H,3,7-10H2,1-2H3,(H,18,19). The number of piperazine rings is 1. The Bertz CT molecular complexity index is 886. The molecule has 0 unspecified atom stereocenters. The largest absolute Gasteiger partial charge is 0.462 e. The minimum absolute atomic E-state index is 0.0621. The van der Waals surface area contributed by atoms with E-state index in [1.54, 1.807) is 6.92 Å². The number of esters is 1. The molecule has 2 aromatic rings. The van der Waals surface area contributed by atoms with Crippen LogP contribution in [0, 0.1) is 6.92 Å². The topological polar surface area (TPSA) is 95.6 Å². The van der Waals surface area contributed by atoms with E-state index in [0.717, 1.165) is 11.3 Å². The van der Waals surface area contributed by atoms with Gasteiger partial charge in [-0.05, 0) is 31.5 Å². The van der Waals surface area contributed by atoms with Crippen molar-refractivity contribution in [1.82, 2.24) is 14.5 Å². The highest BCUT2D eigenvalue weighted by molar-refractivity contribution is 7.89. The van der Waals surface area contributed by atoms with Gasteiger partial charge in [0.15, 0.2) is 5.03 Å².